The molecule has 0 bridgehead atoms. The number of morpholine rings is 1. The molecule has 1 aromatic carbocycles. The molecule has 32 heavy (non-hydrogen) atoms. The van der Waals surface area contributed by atoms with E-state index in [1.807, 2.05) is 18.2 Å². The molecule has 2 aliphatic rings. The summed E-state index contributed by atoms with van der Waals surface area (Å²) in [6.07, 6.45) is 1.17. The van der Waals surface area contributed by atoms with Crippen LogP contribution in [0.4, 0.5) is 5.82 Å². The van der Waals surface area contributed by atoms with Gasteiger partial charge in [-0.05, 0) is 36.4 Å². The lowest BCUT2D eigenvalue weighted by Gasteiger charge is -2.36. The van der Waals surface area contributed by atoms with Crippen LogP contribution in [0.25, 0.3) is 0 Å². The van der Waals surface area contributed by atoms with Crippen LogP contribution in [0.5, 0.6) is 5.75 Å². The Balaban J connectivity index is 1.22. The van der Waals surface area contributed by atoms with E-state index in [0.717, 1.165) is 32.0 Å². The van der Waals surface area contributed by atoms with Crippen molar-refractivity contribution in [1.29, 1.82) is 0 Å². The Morgan fingerprint density at radius 3 is 2.38 bits per heavy atom. The first-order valence-electron chi connectivity index (χ1n) is 10.9. The van der Waals surface area contributed by atoms with Gasteiger partial charge >= 0.3 is 0 Å². The van der Waals surface area contributed by atoms with Crippen molar-refractivity contribution < 1.29 is 23.0 Å². The van der Waals surface area contributed by atoms with Crippen LogP contribution in [0.15, 0.2) is 53.6 Å². The van der Waals surface area contributed by atoms with Crippen LogP contribution in [0.2, 0.25) is 0 Å². The van der Waals surface area contributed by atoms with Gasteiger partial charge in [0.05, 0.1) is 18.1 Å². The standard InChI is InChI=1S/C22H30N4O5S/c27-19(17-24-9-11-25(12-10-24)22-3-1-2-8-23-22)18-31-20-4-6-21(7-5-20)32(28,29)26-13-15-30-16-14-26/h1-8,19,27H,9-18H2/t19-/m1/s1. The summed E-state index contributed by atoms with van der Waals surface area (Å²) >= 11 is 0. The number of hydrogen-bond donors (Lipinski definition) is 1. The Hall–Kier alpha value is -2.24. The second kappa shape index (κ2) is 10.6. The van der Waals surface area contributed by atoms with Gasteiger partial charge in [-0.3, -0.25) is 4.90 Å². The minimum Gasteiger partial charge on any atom is -0.491 e. The molecule has 0 spiro atoms. The van der Waals surface area contributed by atoms with Crippen molar-refractivity contribution in [3.8, 4) is 5.75 Å². The van der Waals surface area contributed by atoms with Crippen LogP contribution in [-0.2, 0) is 14.8 Å². The average molecular weight is 463 g/mol. The fraction of sp³-hybridized carbons (Fsp3) is 0.500. The second-order valence-corrected chi connectivity index (χ2v) is 9.87. The number of rotatable bonds is 8. The number of β-amino-alcohol motifs (C(OH)–C–C–N with tert-alkyl or cyclic N) is 1. The Morgan fingerprint density at radius 2 is 1.72 bits per heavy atom. The van der Waals surface area contributed by atoms with Crippen molar-refractivity contribution in [2.45, 2.75) is 11.0 Å². The zero-order valence-corrected chi connectivity index (χ0v) is 18.9. The van der Waals surface area contributed by atoms with Gasteiger partial charge in [-0.25, -0.2) is 13.4 Å². The molecule has 10 heteroatoms. The van der Waals surface area contributed by atoms with Crippen molar-refractivity contribution in [3.05, 3.63) is 48.7 Å². The van der Waals surface area contributed by atoms with Gasteiger partial charge in [-0.15, -0.1) is 0 Å². The Bertz CT molecular complexity index is 944. The quantitative estimate of drug-likeness (QED) is 0.612. The number of aliphatic hydroxyl groups excluding tert-OH is 1. The summed E-state index contributed by atoms with van der Waals surface area (Å²) in [5.41, 5.74) is 0. The Kier molecular flexibility index (Phi) is 7.59. The van der Waals surface area contributed by atoms with Crippen LogP contribution in [0, 0.1) is 0 Å². The van der Waals surface area contributed by atoms with Crippen LogP contribution in [0.1, 0.15) is 0 Å². The third kappa shape index (κ3) is 5.76. The lowest BCUT2D eigenvalue weighted by atomic mass is 10.2. The Labute approximate surface area is 189 Å². The van der Waals surface area contributed by atoms with Gasteiger partial charge in [0.25, 0.3) is 0 Å². The normalized spacial score (nSPS) is 19.6. The van der Waals surface area contributed by atoms with Crippen molar-refractivity contribution in [3.63, 3.8) is 0 Å². The first kappa shape index (κ1) is 22.9. The van der Waals surface area contributed by atoms with Crippen molar-refractivity contribution in [1.82, 2.24) is 14.2 Å². The van der Waals surface area contributed by atoms with Crippen LogP contribution >= 0.6 is 0 Å². The number of piperazine rings is 1. The molecule has 0 radical (unpaired) electrons. The Morgan fingerprint density at radius 1 is 1.00 bits per heavy atom. The molecule has 0 aliphatic carbocycles. The molecule has 1 aromatic heterocycles. The van der Waals surface area contributed by atoms with Crippen molar-refractivity contribution in [2.75, 3.05) is 70.5 Å². The third-order valence-electron chi connectivity index (χ3n) is 5.69. The average Bonchev–Trinajstić information content (AvgIpc) is 2.84. The molecular formula is C22H30N4O5S. The molecule has 1 atom stereocenters. The minimum atomic E-state index is -3.52. The largest absolute Gasteiger partial charge is 0.491 e. The van der Waals surface area contributed by atoms with E-state index in [4.69, 9.17) is 9.47 Å². The van der Waals surface area contributed by atoms with Crippen molar-refractivity contribution in [2.24, 2.45) is 0 Å². The first-order chi connectivity index (χ1) is 15.5. The van der Waals surface area contributed by atoms with E-state index in [1.165, 1.54) is 4.31 Å². The van der Waals surface area contributed by atoms with Crippen LogP contribution in [0.3, 0.4) is 0 Å². The zero-order chi connectivity index (χ0) is 22.4. The van der Waals surface area contributed by atoms with E-state index < -0.39 is 16.1 Å². The molecule has 2 aliphatic heterocycles. The van der Waals surface area contributed by atoms with E-state index in [2.05, 4.69) is 14.8 Å². The highest BCUT2D eigenvalue weighted by molar-refractivity contribution is 7.89. The maximum Gasteiger partial charge on any atom is 0.243 e. The predicted octanol–water partition coefficient (Wildman–Crippen LogP) is 0.664. The van der Waals surface area contributed by atoms with Gasteiger partial charge in [0, 0.05) is 52.0 Å². The molecule has 1 N–H and O–H groups in total. The van der Waals surface area contributed by atoms with Crippen LogP contribution in [-0.4, -0.2) is 99.5 Å². The summed E-state index contributed by atoms with van der Waals surface area (Å²) in [7, 11) is -3.52. The topological polar surface area (TPSA) is 95.4 Å². The number of anilines is 1. The zero-order valence-electron chi connectivity index (χ0n) is 18.0. The highest BCUT2D eigenvalue weighted by Gasteiger charge is 2.26. The number of aliphatic hydroxyl groups is 1. The lowest BCUT2D eigenvalue weighted by molar-refractivity contribution is 0.0662. The molecule has 0 unspecified atom stereocenters. The number of nitrogens with zero attached hydrogens (tertiary/aromatic N) is 4. The third-order valence-corrected chi connectivity index (χ3v) is 7.60. The smallest absolute Gasteiger partial charge is 0.243 e. The van der Waals surface area contributed by atoms with Gasteiger partial charge in [-0.1, -0.05) is 6.07 Å². The SMILES string of the molecule is O=S(=O)(c1ccc(OC[C@H](O)CN2CCN(c3ccccn3)CC2)cc1)N1CCOCC1. The number of pyridine rings is 1. The van der Waals surface area contributed by atoms with Gasteiger partial charge < -0.3 is 19.5 Å². The molecule has 4 rings (SSSR count). The summed E-state index contributed by atoms with van der Waals surface area (Å²) in [6, 6.07) is 12.3. The second-order valence-electron chi connectivity index (χ2n) is 7.93. The molecule has 0 saturated carbocycles. The van der Waals surface area contributed by atoms with Crippen molar-refractivity contribution >= 4 is 15.8 Å². The molecule has 0 amide bonds. The molecule has 3 heterocycles. The van der Waals surface area contributed by atoms with E-state index in [0.29, 0.717) is 38.6 Å². The summed E-state index contributed by atoms with van der Waals surface area (Å²) in [5.74, 6) is 1.51. The fourth-order valence-electron chi connectivity index (χ4n) is 3.89. The predicted molar refractivity (Wildman–Crippen MR) is 120 cm³/mol. The minimum absolute atomic E-state index is 0.149. The maximum atomic E-state index is 12.7. The number of ether oxygens (including phenoxy) is 2. The molecule has 9 nitrogen and oxygen atoms in total. The van der Waals surface area contributed by atoms with Crippen LogP contribution < -0.4 is 9.64 Å². The summed E-state index contributed by atoms with van der Waals surface area (Å²) in [5, 5.41) is 10.4. The summed E-state index contributed by atoms with van der Waals surface area (Å²) in [6.45, 7) is 5.66. The molecule has 2 aromatic rings. The van der Waals surface area contributed by atoms with E-state index >= 15 is 0 Å². The summed E-state index contributed by atoms with van der Waals surface area (Å²) in [4.78, 5) is 9.08. The van der Waals surface area contributed by atoms with Gasteiger partial charge in [0.2, 0.25) is 10.0 Å². The van der Waals surface area contributed by atoms with E-state index in [9.17, 15) is 13.5 Å². The molecule has 2 fully saturated rings. The number of aromatic nitrogens is 1. The number of hydrogen-bond acceptors (Lipinski definition) is 8. The highest BCUT2D eigenvalue weighted by Crippen LogP contribution is 2.21. The number of sulfonamides is 1. The number of benzene rings is 1. The van der Waals surface area contributed by atoms with Gasteiger partial charge in [0.1, 0.15) is 24.3 Å². The van der Waals surface area contributed by atoms with Gasteiger partial charge in [0.15, 0.2) is 0 Å². The fourth-order valence-corrected chi connectivity index (χ4v) is 5.30. The lowest BCUT2D eigenvalue weighted by Crippen LogP contribution is -2.49. The summed E-state index contributed by atoms with van der Waals surface area (Å²) < 4.78 is 37.7. The molecule has 174 valence electrons. The maximum absolute atomic E-state index is 12.7. The van der Waals surface area contributed by atoms with E-state index in [1.54, 1.807) is 30.5 Å². The van der Waals surface area contributed by atoms with E-state index in [-0.39, 0.29) is 11.5 Å². The first-order valence-corrected chi connectivity index (χ1v) is 12.3. The van der Waals surface area contributed by atoms with Gasteiger partial charge in [-0.2, -0.15) is 4.31 Å². The monoisotopic (exact) mass is 462 g/mol. The molecular weight excluding hydrogens is 432 g/mol. The highest BCUT2D eigenvalue weighted by atomic mass is 32.2. The molecule has 2 saturated heterocycles.